The summed E-state index contributed by atoms with van der Waals surface area (Å²) in [5, 5.41) is 10.1. The predicted molar refractivity (Wildman–Crippen MR) is 59.0 cm³/mol. The first-order valence-corrected chi connectivity index (χ1v) is 6.38. The lowest BCUT2D eigenvalue weighted by Crippen LogP contribution is -2.41. The van der Waals surface area contributed by atoms with Gasteiger partial charge in [-0.25, -0.2) is 0 Å². The predicted octanol–water partition coefficient (Wildman–Crippen LogP) is 1.62. The van der Waals surface area contributed by atoms with Crippen LogP contribution in [0.15, 0.2) is 0 Å². The smallest absolute Gasteiger partial charge is 0.0797 e. The second-order valence-electron chi connectivity index (χ2n) is 3.88. The molecule has 13 heavy (non-hydrogen) atoms. The molecule has 2 nitrogen and oxygen atoms in total. The summed E-state index contributed by atoms with van der Waals surface area (Å²) in [5.74, 6) is 2.80. The Hall–Kier alpha value is 0.270. The molecule has 0 spiro atoms. The lowest BCUT2D eigenvalue weighted by Gasteiger charge is -2.28. The molecule has 0 saturated heterocycles. The van der Waals surface area contributed by atoms with Crippen LogP contribution in [0.2, 0.25) is 0 Å². The fourth-order valence-corrected chi connectivity index (χ4v) is 2.92. The molecule has 1 aliphatic rings. The molecule has 3 N–H and O–H groups in total. The van der Waals surface area contributed by atoms with E-state index in [1.54, 1.807) is 0 Å². The van der Waals surface area contributed by atoms with E-state index in [0.717, 1.165) is 25.7 Å². The molecule has 78 valence electrons. The summed E-state index contributed by atoms with van der Waals surface area (Å²) in [5.41, 5.74) is 5.07. The van der Waals surface area contributed by atoms with Crippen LogP contribution in [-0.4, -0.2) is 28.8 Å². The van der Waals surface area contributed by atoms with Gasteiger partial charge in [-0.15, -0.1) is 0 Å². The zero-order chi connectivity index (χ0) is 9.73. The van der Waals surface area contributed by atoms with Gasteiger partial charge in [-0.3, -0.25) is 0 Å². The molecule has 2 atom stereocenters. The van der Waals surface area contributed by atoms with E-state index in [1.165, 1.54) is 11.5 Å². The summed E-state index contributed by atoms with van der Waals surface area (Å²) in [7, 11) is 0. The average molecular weight is 203 g/mol. The first-order chi connectivity index (χ1) is 6.23. The average Bonchev–Trinajstić information content (AvgIpc) is 2.50. The molecular weight excluding hydrogens is 182 g/mol. The molecule has 0 bridgehead atoms. The summed E-state index contributed by atoms with van der Waals surface area (Å²) in [6.45, 7) is 2.61. The molecule has 0 heterocycles. The van der Waals surface area contributed by atoms with Gasteiger partial charge in [0.15, 0.2) is 0 Å². The lowest BCUT2D eigenvalue weighted by atomic mass is 9.89. The molecule has 0 aromatic rings. The van der Waals surface area contributed by atoms with Crippen molar-refractivity contribution in [2.24, 2.45) is 11.7 Å². The number of nitrogens with two attached hydrogens (primary N) is 1. The van der Waals surface area contributed by atoms with Crippen LogP contribution >= 0.6 is 11.8 Å². The molecule has 3 heteroatoms. The van der Waals surface area contributed by atoms with Crippen molar-refractivity contribution in [3.8, 4) is 0 Å². The molecule has 0 aromatic carbocycles. The fraction of sp³-hybridized carbons (Fsp3) is 1.00. The molecule has 0 amide bonds. The van der Waals surface area contributed by atoms with Crippen LogP contribution in [0.3, 0.4) is 0 Å². The summed E-state index contributed by atoms with van der Waals surface area (Å²) in [4.78, 5) is 0. The second-order valence-corrected chi connectivity index (χ2v) is 5.28. The van der Waals surface area contributed by atoms with E-state index in [2.05, 4.69) is 6.92 Å². The van der Waals surface area contributed by atoms with Crippen LogP contribution in [0, 0.1) is 5.92 Å². The van der Waals surface area contributed by atoms with Crippen molar-refractivity contribution in [2.45, 2.75) is 38.2 Å². The minimum atomic E-state index is -0.533. The normalized spacial score (nSPS) is 33.9. The minimum Gasteiger partial charge on any atom is -0.388 e. The van der Waals surface area contributed by atoms with Gasteiger partial charge in [-0.05, 0) is 36.7 Å². The van der Waals surface area contributed by atoms with Crippen LogP contribution in [0.5, 0.6) is 0 Å². The maximum absolute atomic E-state index is 10.1. The third-order valence-electron chi connectivity index (χ3n) is 3.09. The van der Waals surface area contributed by atoms with Gasteiger partial charge in [-0.1, -0.05) is 13.3 Å². The molecule has 1 fully saturated rings. The van der Waals surface area contributed by atoms with Crippen LogP contribution in [0.4, 0.5) is 0 Å². The summed E-state index contributed by atoms with van der Waals surface area (Å²) >= 11 is 1.95. The molecule has 2 unspecified atom stereocenters. The van der Waals surface area contributed by atoms with E-state index in [0.29, 0.717) is 12.5 Å². The van der Waals surface area contributed by atoms with Crippen molar-refractivity contribution in [3.63, 3.8) is 0 Å². The Bertz CT molecular complexity index is 154. The van der Waals surface area contributed by atoms with Gasteiger partial charge in [0.25, 0.3) is 0 Å². The Balaban J connectivity index is 2.31. The Morgan fingerprint density at radius 1 is 1.62 bits per heavy atom. The number of hydrogen-bond acceptors (Lipinski definition) is 3. The van der Waals surface area contributed by atoms with E-state index in [9.17, 15) is 5.11 Å². The van der Waals surface area contributed by atoms with Gasteiger partial charge in [0.1, 0.15) is 0 Å². The van der Waals surface area contributed by atoms with Crippen molar-refractivity contribution < 1.29 is 5.11 Å². The summed E-state index contributed by atoms with van der Waals surface area (Å²) in [6, 6.07) is 0. The second kappa shape index (κ2) is 5.23. The highest BCUT2D eigenvalue weighted by Crippen LogP contribution is 2.37. The Kier molecular flexibility index (Phi) is 4.56. The first kappa shape index (κ1) is 11.3. The Morgan fingerprint density at radius 3 is 3.00 bits per heavy atom. The summed E-state index contributed by atoms with van der Waals surface area (Å²) < 4.78 is 0. The molecular formula is C10H21NOS. The maximum atomic E-state index is 10.1. The molecule has 1 aliphatic carbocycles. The van der Waals surface area contributed by atoms with Crippen LogP contribution in [0.1, 0.15) is 32.6 Å². The first-order valence-electron chi connectivity index (χ1n) is 5.23. The van der Waals surface area contributed by atoms with Gasteiger partial charge in [0.2, 0.25) is 0 Å². The fourth-order valence-electron chi connectivity index (χ4n) is 2.18. The van der Waals surface area contributed by atoms with Crippen LogP contribution < -0.4 is 5.73 Å². The third-order valence-corrected chi connectivity index (χ3v) is 4.02. The van der Waals surface area contributed by atoms with E-state index in [4.69, 9.17) is 5.73 Å². The Morgan fingerprint density at radius 2 is 2.38 bits per heavy atom. The van der Waals surface area contributed by atoms with Gasteiger partial charge >= 0.3 is 0 Å². The topological polar surface area (TPSA) is 46.2 Å². The van der Waals surface area contributed by atoms with Gasteiger partial charge in [-0.2, -0.15) is 11.8 Å². The number of thioether (sulfide) groups is 1. The van der Waals surface area contributed by atoms with Gasteiger partial charge in [0.05, 0.1) is 5.60 Å². The van der Waals surface area contributed by atoms with E-state index >= 15 is 0 Å². The molecule has 1 saturated carbocycles. The lowest BCUT2D eigenvalue weighted by molar-refractivity contribution is 0.0104. The van der Waals surface area contributed by atoms with Crippen LogP contribution in [0.25, 0.3) is 0 Å². The zero-order valence-electron chi connectivity index (χ0n) is 8.46. The zero-order valence-corrected chi connectivity index (χ0v) is 9.28. The Labute approximate surface area is 85.3 Å². The van der Waals surface area contributed by atoms with E-state index < -0.39 is 5.60 Å². The highest BCUT2D eigenvalue weighted by atomic mass is 32.2. The largest absolute Gasteiger partial charge is 0.388 e. The minimum absolute atomic E-state index is 0.439. The maximum Gasteiger partial charge on any atom is 0.0797 e. The highest BCUT2D eigenvalue weighted by molar-refractivity contribution is 7.99. The van der Waals surface area contributed by atoms with E-state index in [-0.39, 0.29) is 0 Å². The van der Waals surface area contributed by atoms with Crippen molar-refractivity contribution in [2.75, 3.05) is 18.1 Å². The van der Waals surface area contributed by atoms with Crippen molar-refractivity contribution in [1.82, 2.24) is 0 Å². The number of aliphatic hydroxyl groups is 1. The van der Waals surface area contributed by atoms with Gasteiger partial charge < -0.3 is 10.8 Å². The standard InChI is InChI=1S/C10H21NOS/c1-2-13-7-5-9-4-3-6-10(9,12)8-11/h9,12H,2-8,11H2,1H3. The van der Waals surface area contributed by atoms with Crippen molar-refractivity contribution in [3.05, 3.63) is 0 Å². The SMILES string of the molecule is CCSCCC1CCCC1(O)CN. The van der Waals surface area contributed by atoms with Crippen molar-refractivity contribution >= 4 is 11.8 Å². The quantitative estimate of drug-likeness (QED) is 0.667. The van der Waals surface area contributed by atoms with Crippen LogP contribution in [-0.2, 0) is 0 Å². The monoisotopic (exact) mass is 203 g/mol. The van der Waals surface area contributed by atoms with Gasteiger partial charge in [0, 0.05) is 6.54 Å². The third kappa shape index (κ3) is 2.86. The molecule has 1 rings (SSSR count). The number of rotatable bonds is 5. The molecule has 0 aromatic heterocycles. The summed E-state index contributed by atoms with van der Waals surface area (Å²) in [6.07, 6.45) is 4.35. The molecule has 0 radical (unpaired) electrons. The van der Waals surface area contributed by atoms with Crippen molar-refractivity contribution in [1.29, 1.82) is 0 Å². The van der Waals surface area contributed by atoms with E-state index in [1.807, 2.05) is 11.8 Å². The number of hydrogen-bond donors (Lipinski definition) is 2. The molecule has 0 aliphatic heterocycles. The highest BCUT2D eigenvalue weighted by Gasteiger charge is 2.39.